The minimum atomic E-state index is -0.370. The summed E-state index contributed by atoms with van der Waals surface area (Å²) in [6.07, 6.45) is 15.4. The minimum absolute atomic E-state index is 0.00825. The lowest BCUT2D eigenvalue weighted by Crippen LogP contribution is -2.71. The Hall–Kier alpha value is -1.51. The van der Waals surface area contributed by atoms with Gasteiger partial charge < -0.3 is 20.1 Å². The fraction of sp³-hybridized carbons (Fsp3) is 0.818. The van der Waals surface area contributed by atoms with E-state index in [4.69, 9.17) is 15.2 Å². The summed E-state index contributed by atoms with van der Waals surface area (Å²) in [5.41, 5.74) is 8.21. The second kappa shape index (κ2) is 11.9. The van der Waals surface area contributed by atoms with Crippen molar-refractivity contribution in [1.82, 2.24) is 9.71 Å². The van der Waals surface area contributed by atoms with Crippen molar-refractivity contribution >= 4 is 23.9 Å². The van der Waals surface area contributed by atoms with E-state index in [1.807, 2.05) is 12.1 Å². The lowest BCUT2D eigenvalue weighted by molar-refractivity contribution is -0.152. The van der Waals surface area contributed by atoms with Gasteiger partial charge in [-0.3, -0.25) is 4.72 Å². The van der Waals surface area contributed by atoms with Crippen LogP contribution in [0.2, 0.25) is 0 Å². The average Bonchev–Trinajstić information content (AvgIpc) is 3.33. The lowest BCUT2D eigenvalue weighted by atomic mass is 9.39. The zero-order chi connectivity index (χ0) is 28.7. The molecule has 8 atom stereocenters. The fourth-order valence-corrected chi connectivity index (χ4v) is 10.9. The van der Waals surface area contributed by atoms with Gasteiger partial charge in [0.05, 0.1) is 19.8 Å². The van der Waals surface area contributed by atoms with Crippen LogP contribution in [-0.4, -0.2) is 49.5 Å². The molecule has 2 heterocycles. The summed E-state index contributed by atoms with van der Waals surface area (Å²) >= 11 is 1.26. The maximum absolute atomic E-state index is 12.5. The maximum Gasteiger partial charge on any atom is 0.417 e. The van der Waals surface area contributed by atoms with Gasteiger partial charge in [0.15, 0.2) is 0 Å². The number of ether oxygens (including phenoxy) is 2. The molecule has 5 fully saturated rings. The van der Waals surface area contributed by atoms with Gasteiger partial charge in [-0.15, -0.1) is 0 Å². The largest absolute Gasteiger partial charge is 0.449 e. The lowest BCUT2D eigenvalue weighted by Gasteiger charge is -2.68. The highest BCUT2D eigenvalue weighted by Gasteiger charge is 2.66. The van der Waals surface area contributed by atoms with Crippen molar-refractivity contribution in [3.05, 3.63) is 18.3 Å². The first-order valence-electron chi connectivity index (χ1n) is 16.5. The van der Waals surface area contributed by atoms with E-state index in [9.17, 15) is 4.79 Å². The zero-order valence-corrected chi connectivity index (χ0v) is 26.4. The third-order valence-corrected chi connectivity index (χ3v) is 13.6. The van der Waals surface area contributed by atoms with Gasteiger partial charge >= 0.3 is 6.09 Å². The van der Waals surface area contributed by atoms with Gasteiger partial charge in [-0.2, -0.15) is 0 Å². The number of pyridine rings is 1. The molecule has 4 saturated carbocycles. The Labute approximate surface area is 251 Å². The summed E-state index contributed by atoms with van der Waals surface area (Å²) in [4.78, 5) is 20.2. The molecule has 1 aliphatic heterocycles. The summed E-state index contributed by atoms with van der Waals surface area (Å²) in [6, 6.07) is 4.00. The predicted octanol–water partition coefficient (Wildman–Crippen LogP) is 6.81. The van der Waals surface area contributed by atoms with Gasteiger partial charge in [0.1, 0.15) is 5.82 Å². The molecule has 1 amide bonds. The number of anilines is 1. The number of aromatic nitrogens is 1. The monoisotopic (exact) mass is 584 g/mol. The topological polar surface area (TPSA) is 89.7 Å². The Morgan fingerprint density at radius 1 is 1.12 bits per heavy atom. The van der Waals surface area contributed by atoms with Crippen molar-refractivity contribution in [1.29, 1.82) is 0 Å². The van der Waals surface area contributed by atoms with Crippen molar-refractivity contribution in [2.75, 3.05) is 37.8 Å². The Morgan fingerprint density at radius 3 is 2.71 bits per heavy atom. The molecule has 8 heteroatoms. The van der Waals surface area contributed by atoms with Crippen LogP contribution in [0.5, 0.6) is 0 Å². The molecule has 5 aliphatic rings. The van der Waals surface area contributed by atoms with E-state index in [-0.39, 0.29) is 11.6 Å². The molecule has 1 aromatic rings. The van der Waals surface area contributed by atoms with Crippen molar-refractivity contribution < 1.29 is 14.3 Å². The number of nitrogens with two attached hydrogens (primary N) is 1. The average molecular weight is 585 g/mol. The molecule has 0 spiro atoms. The van der Waals surface area contributed by atoms with Crippen molar-refractivity contribution in [3.8, 4) is 0 Å². The predicted molar refractivity (Wildman–Crippen MR) is 165 cm³/mol. The van der Waals surface area contributed by atoms with E-state index >= 15 is 0 Å². The standard InChI is InChI=1S/C33H52N4O3S/c1-4-23-21-28-27-10-8-24(31(27,2)14-15-33(28,34)32(3)13-6-5-7-26(23)32)12-18-40-30(38)36-41-25-9-11-29(35-22-25)37-16-19-39-20-17-37/h9,11,22-24,26-28H,4-8,10,12-21,34H2,1-3H3,(H,36,38)/t23-,24?,26?,27?,28?,31?,32-,33+/m0/s1. The number of carbonyl (C=O) groups excluding carboxylic acids is 1. The van der Waals surface area contributed by atoms with Crippen molar-refractivity contribution in [2.24, 2.45) is 46.2 Å². The van der Waals surface area contributed by atoms with Crippen LogP contribution in [-0.2, 0) is 9.47 Å². The van der Waals surface area contributed by atoms with Crippen molar-refractivity contribution in [3.63, 3.8) is 0 Å². The van der Waals surface area contributed by atoms with Crippen LogP contribution >= 0.6 is 11.9 Å². The molecule has 228 valence electrons. The minimum Gasteiger partial charge on any atom is -0.449 e. The molecule has 0 bridgehead atoms. The van der Waals surface area contributed by atoms with Gasteiger partial charge in [-0.1, -0.05) is 40.0 Å². The first-order valence-corrected chi connectivity index (χ1v) is 17.3. The number of hydrogen-bond acceptors (Lipinski definition) is 7. The highest BCUT2D eigenvalue weighted by Crippen LogP contribution is 2.69. The summed E-state index contributed by atoms with van der Waals surface area (Å²) in [5.74, 6) is 4.54. The highest BCUT2D eigenvalue weighted by atomic mass is 32.2. The van der Waals surface area contributed by atoms with Gasteiger partial charge in [0.2, 0.25) is 0 Å². The SMILES string of the molecule is CC[C@H]1CC2C3CCC(CCOC(=O)NSc4ccc(N5CCOCC5)nc4)C3(C)CC[C@]2(N)[C@@]2(C)CCCCC12. The Bertz CT molecular complexity index is 1070. The number of carbonyl (C=O) groups is 1. The molecule has 4 aliphatic carbocycles. The van der Waals surface area contributed by atoms with E-state index < -0.39 is 0 Å². The maximum atomic E-state index is 12.5. The number of fused-ring (bicyclic) bond motifs is 5. The number of nitrogens with zero attached hydrogens (tertiary/aromatic N) is 2. The second-order valence-electron chi connectivity index (χ2n) is 14.3. The Kier molecular flexibility index (Phi) is 8.56. The summed E-state index contributed by atoms with van der Waals surface area (Å²) in [7, 11) is 0. The number of rotatable bonds is 7. The van der Waals surface area contributed by atoms with E-state index in [2.05, 4.69) is 35.4 Å². The van der Waals surface area contributed by atoms with Crippen LogP contribution in [0.4, 0.5) is 10.6 Å². The number of morpholine rings is 1. The number of amides is 1. The van der Waals surface area contributed by atoms with E-state index in [1.165, 1.54) is 76.2 Å². The zero-order valence-electron chi connectivity index (χ0n) is 25.5. The van der Waals surface area contributed by atoms with E-state index in [0.717, 1.165) is 55.3 Å². The normalized spacial score (nSPS) is 40.3. The molecule has 0 aromatic carbocycles. The van der Waals surface area contributed by atoms with E-state index in [0.29, 0.717) is 35.2 Å². The number of hydrogen-bond donors (Lipinski definition) is 2. The number of nitrogens with one attached hydrogen (secondary N) is 1. The van der Waals surface area contributed by atoms with Crippen LogP contribution < -0.4 is 15.4 Å². The molecule has 1 aromatic heterocycles. The molecule has 0 radical (unpaired) electrons. The highest BCUT2D eigenvalue weighted by molar-refractivity contribution is 7.98. The Morgan fingerprint density at radius 2 is 1.95 bits per heavy atom. The molecule has 5 unspecified atom stereocenters. The summed E-state index contributed by atoms with van der Waals surface area (Å²) in [5, 5.41) is 0. The van der Waals surface area contributed by atoms with Gasteiger partial charge in [-0.25, -0.2) is 9.78 Å². The molecule has 3 N–H and O–H groups in total. The first kappa shape index (κ1) is 29.6. The fourth-order valence-electron chi connectivity index (χ4n) is 10.4. The van der Waals surface area contributed by atoms with Crippen LogP contribution in [0.1, 0.15) is 91.4 Å². The van der Waals surface area contributed by atoms with Gasteiger partial charge in [-0.05, 0) is 116 Å². The van der Waals surface area contributed by atoms with Crippen LogP contribution in [0.3, 0.4) is 0 Å². The molecule has 7 nitrogen and oxygen atoms in total. The molecule has 41 heavy (non-hydrogen) atoms. The second-order valence-corrected chi connectivity index (χ2v) is 15.2. The summed E-state index contributed by atoms with van der Waals surface area (Å²) in [6.45, 7) is 11.2. The van der Waals surface area contributed by atoms with Gasteiger partial charge in [0.25, 0.3) is 0 Å². The van der Waals surface area contributed by atoms with Gasteiger partial charge in [0, 0.05) is 29.7 Å². The van der Waals surface area contributed by atoms with Crippen LogP contribution in [0.15, 0.2) is 23.2 Å². The summed E-state index contributed by atoms with van der Waals surface area (Å²) < 4.78 is 13.9. The molecular weight excluding hydrogens is 532 g/mol. The van der Waals surface area contributed by atoms with Crippen LogP contribution in [0.25, 0.3) is 0 Å². The van der Waals surface area contributed by atoms with E-state index in [1.54, 1.807) is 6.20 Å². The molecular formula is C33H52N4O3S. The quantitative estimate of drug-likeness (QED) is 0.340. The molecule has 1 saturated heterocycles. The smallest absolute Gasteiger partial charge is 0.417 e. The Balaban J connectivity index is 1.01. The first-order chi connectivity index (χ1) is 19.8. The molecule has 6 rings (SSSR count). The third kappa shape index (κ3) is 5.28. The third-order valence-electron chi connectivity index (χ3n) is 12.8. The van der Waals surface area contributed by atoms with Crippen molar-refractivity contribution in [2.45, 2.75) is 102 Å². The van der Waals surface area contributed by atoms with Crippen LogP contribution in [0, 0.1) is 40.4 Å².